The van der Waals surface area contributed by atoms with Crippen molar-refractivity contribution in [1.29, 1.82) is 0 Å². The molecule has 2 aromatic carbocycles. The van der Waals surface area contributed by atoms with Gasteiger partial charge in [-0.05, 0) is 67.5 Å². The van der Waals surface area contributed by atoms with Crippen LogP contribution in [0.15, 0.2) is 36.4 Å². The quantitative estimate of drug-likeness (QED) is 0.874. The normalized spacial score (nSPS) is 14.1. The predicted molar refractivity (Wildman–Crippen MR) is 86.0 cm³/mol. The number of hydrogen-bond acceptors (Lipinski definition) is 1. The average molecular weight is 265 g/mol. The van der Waals surface area contributed by atoms with Gasteiger partial charge in [-0.15, -0.1) is 0 Å². The first-order chi connectivity index (χ1) is 9.78. The number of benzene rings is 2. The zero-order valence-electron chi connectivity index (χ0n) is 12.5. The molecule has 0 radical (unpaired) electrons. The lowest BCUT2D eigenvalue weighted by Gasteiger charge is -2.18. The Morgan fingerprint density at radius 3 is 2.55 bits per heavy atom. The standard InChI is InChI=1S/C19H23N/c1-14-7-8-18(13-20-2)19(11-14)17-10-9-15-5-3-4-6-16(15)12-17/h7-12,20H,3-6,13H2,1-2H3. The molecule has 104 valence electrons. The molecule has 3 rings (SSSR count). The lowest BCUT2D eigenvalue weighted by molar-refractivity contribution is 0.686. The molecule has 0 amide bonds. The van der Waals surface area contributed by atoms with E-state index in [0.29, 0.717) is 0 Å². The SMILES string of the molecule is CNCc1ccc(C)cc1-c1ccc2c(c1)CCCC2. The maximum absolute atomic E-state index is 3.28. The van der Waals surface area contributed by atoms with Crippen LogP contribution in [-0.2, 0) is 19.4 Å². The third-order valence-electron chi connectivity index (χ3n) is 4.29. The average Bonchev–Trinajstić information content (AvgIpc) is 2.49. The lowest BCUT2D eigenvalue weighted by Crippen LogP contribution is -2.07. The second kappa shape index (κ2) is 5.80. The zero-order valence-corrected chi connectivity index (χ0v) is 12.5. The Balaban J connectivity index is 2.05. The fraction of sp³-hybridized carbons (Fsp3) is 0.368. The molecule has 1 N–H and O–H groups in total. The predicted octanol–water partition coefficient (Wildman–Crippen LogP) is 4.26. The summed E-state index contributed by atoms with van der Waals surface area (Å²) in [5.74, 6) is 0. The number of aryl methyl sites for hydroxylation is 3. The van der Waals surface area contributed by atoms with Crippen LogP contribution in [0, 0.1) is 6.92 Å². The highest BCUT2D eigenvalue weighted by molar-refractivity contribution is 5.69. The Labute approximate surface area is 122 Å². The largest absolute Gasteiger partial charge is 0.316 e. The molecular weight excluding hydrogens is 242 g/mol. The molecule has 0 heterocycles. The molecule has 0 saturated heterocycles. The number of hydrogen-bond donors (Lipinski definition) is 1. The van der Waals surface area contributed by atoms with Crippen LogP contribution in [0.5, 0.6) is 0 Å². The molecule has 1 nitrogen and oxygen atoms in total. The van der Waals surface area contributed by atoms with Crippen molar-refractivity contribution in [2.75, 3.05) is 7.05 Å². The van der Waals surface area contributed by atoms with E-state index in [4.69, 9.17) is 0 Å². The Morgan fingerprint density at radius 1 is 0.950 bits per heavy atom. The summed E-state index contributed by atoms with van der Waals surface area (Å²) < 4.78 is 0. The molecule has 0 bridgehead atoms. The van der Waals surface area contributed by atoms with Crippen molar-refractivity contribution >= 4 is 0 Å². The van der Waals surface area contributed by atoms with Crippen molar-refractivity contribution < 1.29 is 0 Å². The zero-order chi connectivity index (χ0) is 13.9. The Bertz CT molecular complexity index is 613. The molecule has 0 saturated carbocycles. The van der Waals surface area contributed by atoms with Crippen molar-refractivity contribution in [2.45, 2.75) is 39.2 Å². The van der Waals surface area contributed by atoms with Crippen LogP contribution in [0.2, 0.25) is 0 Å². The van der Waals surface area contributed by atoms with E-state index < -0.39 is 0 Å². The third kappa shape index (κ3) is 2.64. The molecule has 0 aliphatic heterocycles. The first-order valence-corrected chi connectivity index (χ1v) is 7.64. The van der Waals surface area contributed by atoms with Gasteiger partial charge in [0.25, 0.3) is 0 Å². The van der Waals surface area contributed by atoms with Crippen LogP contribution in [0.25, 0.3) is 11.1 Å². The van der Waals surface area contributed by atoms with Crippen LogP contribution in [0.1, 0.15) is 35.1 Å². The maximum atomic E-state index is 3.28. The van der Waals surface area contributed by atoms with E-state index in [1.807, 2.05) is 7.05 Å². The molecule has 2 aromatic rings. The van der Waals surface area contributed by atoms with E-state index in [9.17, 15) is 0 Å². The fourth-order valence-electron chi connectivity index (χ4n) is 3.20. The van der Waals surface area contributed by atoms with Gasteiger partial charge in [-0.2, -0.15) is 0 Å². The molecule has 0 aromatic heterocycles. The van der Waals surface area contributed by atoms with Gasteiger partial charge in [0.2, 0.25) is 0 Å². The van der Waals surface area contributed by atoms with Crippen LogP contribution >= 0.6 is 0 Å². The maximum Gasteiger partial charge on any atom is 0.0208 e. The molecule has 1 aliphatic rings. The molecule has 0 atom stereocenters. The smallest absolute Gasteiger partial charge is 0.0208 e. The molecule has 0 spiro atoms. The molecule has 0 unspecified atom stereocenters. The summed E-state index contributed by atoms with van der Waals surface area (Å²) in [5, 5.41) is 3.28. The number of rotatable bonds is 3. The summed E-state index contributed by atoms with van der Waals surface area (Å²) in [7, 11) is 2.01. The number of fused-ring (bicyclic) bond motifs is 1. The highest BCUT2D eigenvalue weighted by atomic mass is 14.8. The van der Waals surface area contributed by atoms with Crippen LogP contribution in [0.3, 0.4) is 0 Å². The monoisotopic (exact) mass is 265 g/mol. The second-order valence-electron chi connectivity index (χ2n) is 5.88. The lowest BCUT2D eigenvalue weighted by atomic mass is 9.88. The third-order valence-corrected chi connectivity index (χ3v) is 4.29. The minimum atomic E-state index is 0.923. The van der Waals surface area contributed by atoms with Gasteiger partial charge in [0.05, 0.1) is 0 Å². The van der Waals surface area contributed by atoms with Gasteiger partial charge >= 0.3 is 0 Å². The van der Waals surface area contributed by atoms with Gasteiger partial charge in [-0.25, -0.2) is 0 Å². The van der Waals surface area contributed by atoms with E-state index >= 15 is 0 Å². The van der Waals surface area contributed by atoms with Gasteiger partial charge in [0.15, 0.2) is 0 Å². The molecule has 1 aliphatic carbocycles. The minimum Gasteiger partial charge on any atom is -0.316 e. The van der Waals surface area contributed by atoms with Crippen LogP contribution < -0.4 is 5.32 Å². The van der Waals surface area contributed by atoms with Gasteiger partial charge in [-0.1, -0.05) is 42.0 Å². The molecule has 1 heteroatoms. The number of nitrogens with one attached hydrogen (secondary N) is 1. The van der Waals surface area contributed by atoms with E-state index in [1.165, 1.54) is 47.9 Å². The van der Waals surface area contributed by atoms with Crippen molar-refractivity contribution in [2.24, 2.45) is 0 Å². The summed E-state index contributed by atoms with van der Waals surface area (Å²) in [6, 6.07) is 13.8. The molecule has 0 fully saturated rings. The van der Waals surface area contributed by atoms with Gasteiger partial charge in [0.1, 0.15) is 0 Å². The highest BCUT2D eigenvalue weighted by Gasteiger charge is 2.12. The molecule has 20 heavy (non-hydrogen) atoms. The van der Waals surface area contributed by atoms with Crippen LogP contribution in [-0.4, -0.2) is 7.05 Å². The summed E-state index contributed by atoms with van der Waals surface area (Å²) in [4.78, 5) is 0. The van der Waals surface area contributed by atoms with Gasteiger partial charge in [-0.3, -0.25) is 0 Å². The second-order valence-corrected chi connectivity index (χ2v) is 5.88. The fourth-order valence-corrected chi connectivity index (χ4v) is 3.20. The van der Waals surface area contributed by atoms with Gasteiger partial charge < -0.3 is 5.32 Å². The topological polar surface area (TPSA) is 12.0 Å². The minimum absolute atomic E-state index is 0.923. The van der Waals surface area contributed by atoms with Crippen LogP contribution in [0.4, 0.5) is 0 Å². The molecular formula is C19H23N. The van der Waals surface area contributed by atoms with Crippen molar-refractivity contribution in [1.82, 2.24) is 5.32 Å². The van der Waals surface area contributed by atoms with Crippen molar-refractivity contribution in [3.63, 3.8) is 0 Å². The van der Waals surface area contributed by atoms with Crippen molar-refractivity contribution in [3.05, 3.63) is 58.7 Å². The Morgan fingerprint density at radius 2 is 1.75 bits per heavy atom. The van der Waals surface area contributed by atoms with E-state index in [-0.39, 0.29) is 0 Å². The first kappa shape index (κ1) is 13.4. The first-order valence-electron chi connectivity index (χ1n) is 7.64. The summed E-state index contributed by atoms with van der Waals surface area (Å²) in [5.41, 5.74) is 8.59. The summed E-state index contributed by atoms with van der Waals surface area (Å²) in [6.45, 7) is 3.09. The van der Waals surface area contributed by atoms with Gasteiger partial charge in [0, 0.05) is 6.54 Å². The Hall–Kier alpha value is -1.60. The van der Waals surface area contributed by atoms with E-state index in [2.05, 4.69) is 48.6 Å². The van der Waals surface area contributed by atoms with E-state index in [1.54, 1.807) is 11.1 Å². The Kier molecular flexibility index (Phi) is 3.88. The van der Waals surface area contributed by atoms with E-state index in [0.717, 1.165) is 6.54 Å². The summed E-state index contributed by atoms with van der Waals surface area (Å²) in [6.07, 6.45) is 5.19. The summed E-state index contributed by atoms with van der Waals surface area (Å²) >= 11 is 0. The highest BCUT2D eigenvalue weighted by Crippen LogP contribution is 2.30. The van der Waals surface area contributed by atoms with Crippen molar-refractivity contribution in [3.8, 4) is 11.1 Å².